The van der Waals surface area contributed by atoms with Crippen LogP contribution in [0.1, 0.15) is 46.2 Å². The van der Waals surface area contributed by atoms with E-state index in [0.29, 0.717) is 18.0 Å². The van der Waals surface area contributed by atoms with Gasteiger partial charge in [0.1, 0.15) is 11.3 Å². The fourth-order valence-corrected chi connectivity index (χ4v) is 4.06. The molecular formula is C23H22ClN3O2. The largest absolute Gasteiger partial charge is 0.464 e. The fourth-order valence-electron chi connectivity index (χ4n) is 3.70. The van der Waals surface area contributed by atoms with Gasteiger partial charge >= 0.3 is 5.97 Å². The van der Waals surface area contributed by atoms with E-state index in [0.717, 1.165) is 45.1 Å². The van der Waals surface area contributed by atoms with Crippen LogP contribution in [0.25, 0.3) is 11.2 Å². The maximum Gasteiger partial charge on any atom is 0.356 e. The van der Waals surface area contributed by atoms with E-state index in [-0.39, 0.29) is 0 Å². The molecule has 0 aromatic carbocycles. The van der Waals surface area contributed by atoms with Gasteiger partial charge in [-0.2, -0.15) is 0 Å². The molecule has 1 unspecified atom stereocenters. The number of carbonyl (C=O) groups excluding carboxylic acids is 1. The van der Waals surface area contributed by atoms with E-state index >= 15 is 0 Å². The van der Waals surface area contributed by atoms with Gasteiger partial charge in [-0.15, -0.1) is 0 Å². The van der Waals surface area contributed by atoms with Crippen LogP contribution in [0.5, 0.6) is 0 Å². The molecular weight excluding hydrogens is 386 g/mol. The van der Waals surface area contributed by atoms with Crippen LogP contribution >= 0.6 is 11.6 Å². The van der Waals surface area contributed by atoms with E-state index in [2.05, 4.69) is 34.6 Å². The molecule has 0 N–H and O–H groups in total. The van der Waals surface area contributed by atoms with Crippen molar-refractivity contribution < 1.29 is 9.53 Å². The van der Waals surface area contributed by atoms with Crippen molar-refractivity contribution in [3.05, 3.63) is 82.1 Å². The van der Waals surface area contributed by atoms with Crippen molar-refractivity contribution in [3.63, 3.8) is 0 Å². The van der Waals surface area contributed by atoms with E-state index < -0.39 is 5.97 Å². The molecule has 0 aliphatic heterocycles. The van der Waals surface area contributed by atoms with Crippen LogP contribution in [0, 0.1) is 12.8 Å². The van der Waals surface area contributed by atoms with Gasteiger partial charge in [-0.25, -0.2) is 14.8 Å². The number of halogens is 1. The van der Waals surface area contributed by atoms with Crippen molar-refractivity contribution in [3.8, 4) is 0 Å². The molecule has 1 aliphatic rings. The highest BCUT2D eigenvalue weighted by Crippen LogP contribution is 2.33. The first kappa shape index (κ1) is 19.4. The number of pyridine rings is 2. The predicted molar refractivity (Wildman–Crippen MR) is 114 cm³/mol. The molecule has 0 bridgehead atoms. The van der Waals surface area contributed by atoms with Gasteiger partial charge in [0, 0.05) is 35.6 Å². The zero-order chi connectivity index (χ0) is 20.5. The van der Waals surface area contributed by atoms with Gasteiger partial charge in [0.25, 0.3) is 0 Å². The van der Waals surface area contributed by atoms with Crippen LogP contribution in [-0.2, 0) is 11.2 Å². The third-order valence-corrected chi connectivity index (χ3v) is 5.22. The molecule has 148 valence electrons. The molecule has 5 nitrogen and oxygen atoms in total. The standard InChI is InChI=1S/C23H22ClN3O2/c1-14-6-18(10-19(24)7-14)20-9-17(13-27-12-15(2)26-22(20)27)8-16-4-5-21(25-11-16)23(28)29-3/h4-6,9-14H,7-8H2,1-3H3. The summed E-state index contributed by atoms with van der Waals surface area (Å²) in [4.78, 5) is 20.5. The number of hydrogen-bond donors (Lipinski definition) is 0. The van der Waals surface area contributed by atoms with Crippen molar-refractivity contribution >= 4 is 28.8 Å². The maximum absolute atomic E-state index is 11.6. The van der Waals surface area contributed by atoms with Crippen molar-refractivity contribution in [1.29, 1.82) is 0 Å². The smallest absolute Gasteiger partial charge is 0.356 e. The number of nitrogens with zero attached hydrogens (tertiary/aromatic N) is 3. The Kier molecular flexibility index (Phi) is 5.24. The van der Waals surface area contributed by atoms with Crippen LogP contribution in [0.4, 0.5) is 0 Å². The Labute approximate surface area is 174 Å². The van der Waals surface area contributed by atoms with Crippen molar-refractivity contribution in [1.82, 2.24) is 14.4 Å². The molecule has 1 atom stereocenters. The van der Waals surface area contributed by atoms with Gasteiger partial charge in [0.2, 0.25) is 0 Å². The lowest BCUT2D eigenvalue weighted by molar-refractivity contribution is 0.0594. The number of imidazole rings is 1. The summed E-state index contributed by atoms with van der Waals surface area (Å²) < 4.78 is 6.78. The molecule has 3 aromatic heterocycles. The zero-order valence-electron chi connectivity index (χ0n) is 16.6. The molecule has 4 rings (SSSR count). The zero-order valence-corrected chi connectivity index (χ0v) is 17.4. The second-order valence-corrected chi connectivity index (χ2v) is 7.98. The molecule has 0 saturated carbocycles. The fraction of sp³-hybridized carbons (Fsp3) is 0.261. The highest BCUT2D eigenvalue weighted by Gasteiger charge is 2.16. The van der Waals surface area contributed by atoms with Crippen molar-refractivity contribution in [2.24, 2.45) is 5.92 Å². The summed E-state index contributed by atoms with van der Waals surface area (Å²) in [6.45, 7) is 4.16. The molecule has 0 spiro atoms. The maximum atomic E-state index is 11.6. The highest BCUT2D eigenvalue weighted by atomic mass is 35.5. The summed E-state index contributed by atoms with van der Waals surface area (Å²) in [5, 5.41) is 0.865. The summed E-state index contributed by atoms with van der Waals surface area (Å²) >= 11 is 6.38. The minimum atomic E-state index is -0.434. The van der Waals surface area contributed by atoms with E-state index in [1.165, 1.54) is 7.11 Å². The van der Waals surface area contributed by atoms with E-state index in [1.807, 2.05) is 25.3 Å². The lowest BCUT2D eigenvalue weighted by Crippen LogP contribution is -2.05. The number of aryl methyl sites for hydroxylation is 1. The number of carbonyl (C=O) groups is 1. The minimum absolute atomic E-state index is 0.304. The summed E-state index contributed by atoms with van der Waals surface area (Å²) in [6, 6.07) is 5.76. The third kappa shape index (κ3) is 4.10. The van der Waals surface area contributed by atoms with Crippen molar-refractivity contribution in [2.45, 2.75) is 26.7 Å². The van der Waals surface area contributed by atoms with E-state index in [1.54, 1.807) is 12.3 Å². The normalized spacial score (nSPS) is 16.5. The number of methoxy groups -OCH3 is 1. The average Bonchev–Trinajstić information content (AvgIpc) is 3.06. The highest BCUT2D eigenvalue weighted by molar-refractivity contribution is 6.30. The number of ether oxygens (including phenoxy) is 1. The Morgan fingerprint density at radius 2 is 2.14 bits per heavy atom. The molecule has 29 heavy (non-hydrogen) atoms. The third-order valence-electron chi connectivity index (χ3n) is 4.96. The van der Waals surface area contributed by atoms with Crippen LogP contribution in [-0.4, -0.2) is 27.4 Å². The SMILES string of the molecule is COC(=O)c1ccc(Cc2cc(C3=CC(C)CC(Cl)=C3)c3nc(C)cn3c2)cn1. The first-order valence-corrected chi connectivity index (χ1v) is 9.90. The van der Waals surface area contributed by atoms with Gasteiger partial charge in [-0.1, -0.05) is 30.7 Å². The summed E-state index contributed by atoms with van der Waals surface area (Å²) in [7, 11) is 1.35. The Morgan fingerprint density at radius 1 is 1.31 bits per heavy atom. The second kappa shape index (κ2) is 7.84. The molecule has 0 amide bonds. The quantitative estimate of drug-likeness (QED) is 0.573. The topological polar surface area (TPSA) is 56.5 Å². The molecule has 6 heteroatoms. The number of allylic oxidation sites excluding steroid dienone is 4. The van der Waals surface area contributed by atoms with Crippen LogP contribution in [0.15, 0.2) is 54.0 Å². The van der Waals surface area contributed by atoms with Crippen LogP contribution < -0.4 is 0 Å². The number of aromatic nitrogens is 3. The monoisotopic (exact) mass is 407 g/mol. The molecule has 0 saturated heterocycles. The van der Waals surface area contributed by atoms with Gasteiger partial charge in [-0.3, -0.25) is 0 Å². The summed E-state index contributed by atoms with van der Waals surface area (Å²) in [5.41, 5.74) is 6.50. The first-order chi connectivity index (χ1) is 13.9. The van der Waals surface area contributed by atoms with E-state index in [4.69, 9.17) is 21.3 Å². The first-order valence-electron chi connectivity index (χ1n) is 9.52. The van der Waals surface area contributed by atoms with Gasteiger partial charge < -0.3 is 9.14 Å². The van der Waals surface area contributed by atoms with Gasteiger partial charge in [-0.05, 0) is 54.2 Å². The summed E-state index contributed by atoms with van der Waals surface area (Å²) in [5.74, 6) is -0.0477. The number of esters is 1. The molecule has 0 fully saturated rings. The van der Waals surface area contributed by atoms with Gasteiger partial charge in [0.05, 0.1) is 12.8 Å². The van der Waals surface area contributed by atoms with Crippen LogP contribution in [0.2, 0.25) is 0 Å². The number of rotatable bonds is 4. The lowest BCUT2D eigenvalue weighted by atomic mass is 9.92. The Morgan fingerprint density at radius 3 is 2.83 bits per heavy atom. The second-order valence-electron chi connectivity index (χ2n) is 7.49. The summed E-state index contributed by atoms with van der Waals surface area (Å²) in [6.07, 6.45) is 11.7. The number of hydrogen-bond acceptors (Lipinski definition) is 4. The Balaban J connectivity index is 1.73. The van der Waals surface area contributed by atoms with Crippen molar-refractivity contribution in [2.75, 3.05) is 7.11 Å². The molecule has 3 heterocycles. The average molecular weight is 408 g/mol. The molecule has 0 radical (unpaired) electrons. The predicted octanol–water partition coefficient (Wildman–Crippen LogP) is 4.96. The van der Waals surface area contributed by atoms with E-state index in [9.17, 15) is 4.79 Å². The molecule has 3 aromatic rings. The van der Waals surface area contributed by atoms with Crippen LogP contribution in [0.3, 0.4) is 0 Å². The Hall–Kier alpha value is -2.92. The Bertz CT molecular complexity index is 1140. The molecule has 1 aliphatic carbocycles. The number of fused-ring (bicyclic) bond motifs is 1. The lowest BCUT2D eigenvalue weighted by Gasteiger charge is -2.17. The minimum Gasteiger partial charge on any atom is -0.464 e. The van der Waals surface area contributed by atoms with Gasteiger partial charge in [0.15, 0.2) is 0 Å².